The third-order valence-corrected chi connectivity index (χ3v) is 3.92. The lowest BCUT2D eigenvalue weighted by Crippen LogP contribution is -2.39. The highest BCUT2D eigenvalue weighted by Gasteiger charge is 2.19. The Bertz CT molecular complexity index is 525. The molecule has 1 N–H and O–H groups in total. The average Bonchev–Trinajstić information content (AvgIpc) is 2.47. The fourth-order valence-electron chi connectivity index (χ4n) is 2.65. The molecule has 0 unspecified atom stereocenters. The molecule has 1 aliphatic rings. The highest BCUT2D eigenvalue weighted by atomic mass is 16.1. The minimum absolute atomic E-state index is 0.0305. The van der Waals surface area contributed by atoms with Crippen molar-refractivity contribution in [2.45, 2.75) is 32.7 Å². The molecule has 0 atom stereocenters. The number of ketones is 1. The molecule has 0 amide bonds. The third kappa shape index (κ3) is 3.37. The minimum atomic E-state index is 0.0305. The van der Waals surface area contributed by atoms with Gasteiger partial charge in [0.05, 0.1) is 11.6 Å². The summed E-state index contributed by atoms with van der Waals surface area (Å²) in [7, 11) is 0. The first-order chi connectivity index (χ1) is 9.63. The average molecular weight is 271 g/mol. The maximum atomic E-state index is 11.7. The number of piperidine rings is 1. The van der Waals surface area contributed by atoms with E-state index in [0.717, 1.165) is 38.2 Å². The number of hydrogen-bond donors (Lipinski definition) is 1. The van der Waals surface area contributed by atoms with Crippen molar-refractivity contribution in [2.75, 3.05) is 25.0 Å². The summed E-state index contributed by atoms with van der Waals surface area (Å²) in [5, 5.41) is 12.4. The van der Waals surface area contributed by atoms with E-state index in [0.29, 0.717) is 17.2 Å². The first kappa shape index (κ1) is 14.5. The number of likely N-dealkylation sites (tertiary alicyclic amines) is 1. The summed E-state index contributed by atoms with van der Waals surface area (Å²) in [6.45, 7) is 7.00. The van der Waals surface area contributed by atoms with Gasteiger partial charge in [-0.25, -0.2) is 0 Å². The van der Waals surface area contributed by atoms with Crippen LogP contribution >= 0.6 is 0 Å². The van der Waals surface area contributed by atoms with Gasteiger partial charge in [-0.2, -0.15) is 5.26 Å². The molecule has 1 heterocycles. The third-order valence-electron chi connectivity index (χ3n) is 3.92. The lowest BCUT2D eigenvalue weighted by Gasteiger charge is -2.32. The van der Waals surface area contributed by atoms with E-state index >= 15 is 0 Å². The highest BCUT2D eigenvalue weighted by Crippen LogP contribution is 2.22. The van der Waals surface area contributed by atoms with Crippen LogP contribution in [0.1, 0.15) is 42.6 Å². The van der Waals surface area contributed by atoms with E-state index in [2.05, 4.69) is 23.2 Å². The van der Waals surface area contributed by atoms with Gasteiger partial charge in [-0.3, -0.25) is 4.79 Å². The van der Waals surface area contributed by atoms with Crippen molar-refractivity contribution < 1.29 is 4.79 Å². The number of Topliss-reactive ketones (excluding diaryl/α,β-unsaturated/α-hetero) is 1. The van der Waals surface area contributed by atoms with Crippen LogP contribution in [0.4, 0.5) is 5.69 Å². The molecule has 4 nitrogen and oxygen atoms in total. The molecule has 4 heteroatoms. The van der Waals surface area contributed by atoms with Crippen LogP contribution in [0, 0.1) is 11.3 Å². The zero-order valence-corrected chi connectivity index (χ0v) is 12.1. The quantitative estimate of drug-likeness (QED) is 0.855. The Morgan fingerprint density at radius 1 is 1.45 bits per heavy atom. The van der Waals surface area contributed by atoms with Gasteiger partial charge in [-0.15, -0.1) is 0 Å². The topological polar surface area (TPSA) is 56.1 Å². The highest BCUT2D eigenvalue weighted by molar-refractivity contribution is 5.99. The molecule has 106 valence electrons. The van der Waals surface area contributed by atoms with Crippen LogP contribution in [0.3, 0.4) is 0 Å². The normalized spacial score (nSPS) is 16.6. The fraction of sp³-hybridized carbons (Fsp3) is 0.500. The Morgan fingerprint density at radius 3 is 2.70 bits per heavy atom. The van der Waals surface area contributed by atoms with Crippen LogP contribution in [-0.4, -0.2) is 36.4 Å². The summed E-state index contributed by atoms with van der Waals surface area (Å²) < 4.78 is 0. The summed E-state index contributed by atoms with van der Waals surface area (Å²) in [6, 6.07) is 7.72. The Morgan fingerprint density at radius 2 is 2.15 bits per heavy atom. The van der Waals surface area contributed by atoms with Gasteiger partial charge in [0.1, 0.15) is 0 Å². The number of carbonyl (C=O) groups excluding carboxylic acids is 1. The maximum absolute atomic E-state index is 11.7. The molecule has 0 radical (unpaired) electrons. The minimum Gasteiger partial charge on any atom is -0.382 e. The SMILES string of the molecule is CCN1CCC(Nc2cc(C#N)ccc2C(C)=O)CC1. The van der Waals surface area contributed by atoms with Crippen LogP contribution in [-0.2, 0) is 0 Å². The van der Waals surface area contributed by atoms with Crippen LogP contribution in [0.2, 0.25) is 0 Å². The standard InChI is InChI=1S/C16H21N3O/c1-3-19-8-6-14(7-9-19)18-16-10-13(11-17)4-5-15(16)12(2)20/h4-5,10,14,18H,3,6-9H2,1-2H3. The van der Waals surface area contributed by atoms with Crippen LogP contribution in [0.5, 0.6) is 0 Å². The second-order valence-electron chi connectivity index (χ2n) is 5.28. The molecule has 2 rings (SSSR count). The zero-order chi connectivity index (χ0) is 14.5. The van der Waals surface area contributed by atoms with Crippen molar-refractivity contribution in [3.8, 4) is 6.07 Å². The zero-order valence-electron chi connectivity index (χ0n) is 12.1. The van der Waals surface area contributed by atoms with Gasteiger partial charge in [-0.1, -0.05) is 6.92 Å². The summed E-state index contributed by atoms with van der Waals surface area (Å²) in [5.74, 6) is 0.0305. The first-order valence-corrected chi connectivity index (χ1v) is 7.18. The number of anilines is 1. The lowest BCUT2D eigenvalue weighted by molar-refractivity contribution is 0.101. The van der Waals surface area contributed by atoms with Crippen molar-refractivity contribution in [3.05, 3.63) is 29.3 Å². The van der Waals surface area contributed by atoms with Gasteiger partial charge in [0.15, 0.2) is 5.78 Å². The Balaban J connectivity index is 2.12. The van der Waals surface area contributed by atoms with Crippen molar-refractivity contribution in [3.63, 3.8) is 0 Å². The number of nitrogens with one attached hydrogen (secondary N) is 1. The van der Waals surface area contributed by atoms with Crippen LogP contribution in [0.25, 0.3) is 0 Å². The first-order valence-electron chi connectivity index (χ1n) is 7.18. The molecule has 0 saturated carbocycles. The Kier molecular flexibility index (Phi) is 4.75. The van der Waals surface area contributed by atoms with Crippen molar-refractivity contribution in [2.24, 2.45) is 0 Å². The molecule has 1 aromatic rings. The second kappa shape index (κ2) is 6.53. The molecular weight excluding hydrogens is 250 g/mol. The number of benzene rings is 1. The van der Waals surface area contributed by atoms with Gasteiger partial charge in [0, 0.05) is 30.4 Å². The molecule has 0 spiro atoms. The Labute approximate surface area is 120 Å². The number of carbonyl (C=O) groups is 1. The predicted molar refractivity (Wildman–Crippen MR) is 79.9 cm³/mol. The maximum Gasteiger partial charge on any atom is 0.161 e. The monoisotopic (exact) mass is 271 g/mol. The van der Waals surface area contributed by atoms with Crippen molar-refractivity contribution >= 4 is 11.5 Å². The second-order valence-corrected chi connectivity index (χ2v) is 5.28. The van der Waals surface area contributed by atoms with E-state index < -0.39 is 0 Å². The lowest BCUT2D eigenvalue weighted by atomic mass is 10.0. The van der Waals surface area contributed by atoms with E-state index in [4.69, 9.17) is 5.26 Å². The van der Waals surface area contributed by atoms with E-state index in [9.17, 15) is 4.79 Å². The van der Waals surface area contributed by atoms with Crippen molar-refractivity contribution in [1.29, 1.82) is 5.26 Å². The number of rotatable bonds is 4. The molecule has 0 aliphatic carbocycles. The number of nitriles is 1. The van der Waals surface area contributed by atoms with Gasteiger partial charge >= 0.3 is 0 Å². The van der Waals surface area contributed by atoms with Gasteiger partial charge in [0.25, 0.3) is 0 Å². The van der Waals surface area contributed by atoms with Gasteiger partial charge in [0.2, 0.25) is 0 Å². The molecule has 0 aromatic heterocycles. The van der Waals surface area contributed by atoms with E-state index in [1.165, 1.54) is 0 Å². The van der Waals surface area contributed by atoms with E-state index in [1.807, 2.05) is 0 Å². The molecule has 1 aromatic carbocycles. The Hall–Kier alpha value is -1.86. The number of hydrogen-bond acceptors (Lipinski definition) is 4. The summed E-state index contributed by atoms with van der Waals surface area (Å²) in [4.78, 5) is 14.1. The molecular formula is C16H21N3O. The molecule has 1 fully saturated rings. The largest absolute Gasteiger partial charge is 0.382 e. The molecule has 1 aliphatic heterocycles. The summed E-state index contributed by atoms with van der Waals surface area (Å²) in [6.07, 6.45) is 2.14. The molecule has 1 saturated heterocycles. The molecule has 0 bridgehead atoms. The fourth-order valence-corrected chi connectivity index (χ4v) is 2.65. The predicted octanol–water partition coefficient (Wildman–Crippen LogP) is 2.66. The van der Waals surface area contributed by atoms with Crippen molar-refractivity contribution in [1.82, 2.24) is 4.90 Å². The van der Waals surface area contributed by atoms with Gasteiger partial charge < -0.3 is 10.2 Å². The summed E-state index contributed by atoms with van der Waals surface area (Å²) in [5.41, 5.74) is 2.05. The smallest absolute Gasteiger partial charge is 0.161 e. The van der Waals surface area contributed by atoms with E-state index in [-0.39, 0.29) is 5.78 Å². The number of nitrogens with zero attached hydrogens (tertiary/aromatic N) is 2. The summed E-state index contributed by atoms with van der Waals surface area (Å²) >= 11 is 0. The van der Waals surface area contributed by atoms with Crippen LogP contribution in [0.15, 0.2) is 18.2 Å². The van der Waals surface area contributed by atoms with Crippen LogP contribution < -0.4 is 5.32 Å². The molecule has 20 heavy (non-hydrogen) atoms. The van der Waals surface area contributed by atoms with Gasteiger partial charge in [-0.05, 0) is 44.5 Å². The van der Waals surface area contributed by atoms with E-state index in [1.54, 1.807) is 25.1 Å².